The Morgan fingerprint density at radius 1 is 1.11 bits per heavy atom. The maximum absolute atomic E-state index is 12.2. The fourth-order valence-electron chi connectivity index (χ4n) is 2.15. The molecule has 0 radical (unpaired) electrons. The molecule has 2 aromatic carbocycles. The number of carbonyl (C=O) groups excluding carboxylic acids is 3. The molecule has 0 saturated carbocycles. The lowest BCUT2D eigenvalue weighted by molar-refractivity contribution is -0.152. The van der Waals surface area contributed by atoms with Gasteiger partial charge in [-0.2, -0.15) is 0 Å². The molecule has 0 aliphatic heterocycles. The molecule has 8 heteroatoms. The second-order valence-electron chi connectivity index (χ2n) is 5.51. The zero-order chi connectivity index (χ0) is 19.8. The van der Waals surface area contributed by atoms with Gasteiger partial charge in [0.05, 0.1) is 12.8 Å². The van der Waals surface area contributed by atoms with Gasteiger partial charge in [0.15, 0.2) is 6.10 Å². The standard InChI is InChI=1S/C19H19ClN2O5/c1-12(18(24)22-15-10-14(20)8-9-16(15)26-2)27-17(23)11-21-19(25)13-6-4-3-5-7-13/h3-10,12H,11H2,1-2H3,(H,21,25)(H,22,24). The number of anilines is 1. The van der Waals surface area contributed by atoms with E-state index in [0.29, 0.717) is 22.0 Å². The zero-order valence-corrected chi connectivity index (χ0v) is 15.6. The highest BCUT2D eigenvalue weighted by Gasteiger charge is 2.20. The summed E-state index contributed by atoms with van der Waals surface area (Å²) in [5.41, 5.74) is 0.777. The van der Waals surface area contributed by atoms with Gasteiger partial charge in [-0.05, 0) is 37.3 Å². The van der Waals surface area contributed by atoms with Crippen LogP contribution < -0.4 is 15.4 Å². The first-order chi connectivity index (χ1) is 12.9. The number of amides is 2. The molecule has 27 heavy (non-hydrogen) atoms. The van der Waals surface area contributed by atoms with Crippen molar-refractivity contribution < 1.29 is 23.9 Å². The van der Waals surface area contributed by atoms with E-state index in [4.69, 9.17) is 21.1 Å². The smallest absolute Gasteiger partial charge is 0.326 e. The summed E-state index contributed by atoms with van der Waals surface area (Å²) in [4.78, 5) is 36.0. The number of rotatable bonds is 7. The maximum Gasteiger partial charge on any atom is 0.326 e. The number of halogens is 1. The molecule has 0 aliphatic carbocycles. The highest BCUT2D eigenvalue weighted by Crippen LogP contribution is 2.27. The normalized spacial score (nSPS) is 11.2. The molecule has 142 valence electrons. The number of methoxy groups -OCH3 is 1. The number of hydrogen-bond donors (Lipinski definition) is 2. The third-order valence-electron chi connectivity index (χ3n) is 3.53. The average molecular weight is 391 g/mol. The number of hydrogen-bond acceptors (Lipinski definition) is 5. The summed E-state index contributed by atoms with van der Waals surface area (Å²) in [6.45, 7) is 1.06. The van der Waals surface area contributed by atoms with Crippen LogP contribution in [0.15, 0.2) is 48.5 Å². The molecular weight excluding hydrogens is 372 g/mol. The Balaban J connectivity index is 1.86. The van der Waals surface area contributed by atoms with Crippen molar-refractivity contribution in [3.05, 3.63) is 59.1 Å². The van der Waals surface area contributed by atoms with E-state index in [0.717, 1.165) is 0 Å². The van der Waals surface area contributed by atoms with Crippen molar-refractivity contribution in [1.82, 2.24) is 5.32 Å². The third kappa shape index (κ3) is 6.00. The molecule has 0 fully saturated rings. The third-order valence-corrected chi connectivity index (χ3v) is 3.76. The van der Waals surface area contributed by atoms with Crippen LogP contribution in [0, 0.1) is 0 Å². The van der Waals surface area contributed by atoms with Crippen molar-refractivity contribution >= 4 is 35.1 Å². The summed E-state index contributed by atoms with van der Waals surface area (Å²) in [5.74, 6) is -1.28. The van der Waals surface area contributed by atoms with E-state index in [9.17, 15) is 14.4 Å². The van der Waals surface area contributed by atoms with Gasteiger partial charge in [-0.25, -0.2) is 0 Å². The van der Waals surface area contributed by atoms with Crippen molar-refractivity contribution in [3.63, 3.8) is 0 Å². The molecule has 0 bridgehead atoms. The van der Waals surface area contributed by atoms with Crippen LogP contribution in [-0.2, 0) is 14.3 Å². The van der Waals surface area contributed by atoms with Crippen molar-refractivity contribution in [2.45, 2.75) is 13.0 Å². The van der Waals surface area contributed by atoms with E-state index in [1.54, 1.807) is 42.5 Å². The second-order valence-corrected chi connectivity index (χ2v) is 5.95. The van der Waals surface area contributed by atoms with Crippen LogP contribution in [0.4, 0.5) is 5.69 Å². The van der Waals surface area contributed by atoms with E-state index in [1.165, 1.54) is 20.1 Å². The van der Waals surface area contributed by atoms with Gasteiger partial charge in [0, 0.05) is 10.6 Å². The van der Waals surface area contributed by atoms with Crippen molar-refractivity contribution in [2.24, 2.45) is 0 Å². The Kier molecular flexibility index (Phi) is 7.19. The lowest BCUT2D eigenvalue weighted by atomic mass is 10.2. The highest BCUT2D eigenvalue weighted by molar-refractivity contribution is 6.31. The first-order valence-electron chi connectivity index (χ1n) is 8.08. The molecule has 0 saturated heterocycles. The molecule has 2 rings (SSSR count). The number of ether oxygens (including phenoxy) is 2. The Bertz CT molecular complexity index is 826. The van der Waals surface area contributed by atoms with Crippen LogP contribution in [-0.4, -0.2) is 37.5 Å². The molecule has 1 unspecified atom stereocenters. The molecule has 0 heterocycles. The number of benzene rings is 2. The van der Waals surface area contributed by atoms with Crippen LogP contribution in [0.25, 0.3) is 0 Å². The molecule has 1 atom stereocenters. The van der Waals surface area contributed by atoms with E-state index in [2.05, 4.69) is 10.6 Å². The van der Waals surface area contributed by atoms with E-state index in [-0.39, 0.29) is 6.54 Å². The minimum Gasteiger partial charge on any atom is -0.495 e. The summed E-state index contributed by atoms with van der Waals surface area (Å²) < 4.78 is 10.2. The Morgan fingerprint density at radius 3 is 2.48 bits per heavy atom. The molecule has 2 amide bonds. The summed E-state index contributed by atoms with van der Waals surface area (Å²) >= 11 is 5.91. The number of nitrogens with one attached hydrogen (secondary N) is 2. The van der Waals surface area contributed by atoms with Gasteiger partial charge in [-0.1, -0.05) is 29.8 Å². The van der Waals surface area contributed by atoms with Gasteiger partial charge < -0.3 is 20.1 Å². The van der Waals surface area contributed by atoms with Crippen LogP contribution in [0.3, 0.4) is 0 Å². The largest absolute Gasteiger partial charge is 0.495 e. The summed E-state index contributed by atoms with van der Waals surface area (Å²) in [5, 5.41) is 5.44. The fraction of sp³-hybridized carbons (Fsp3) is 0.211. The topological polar surface area (TPSA) is 93.7 Å². The van der Waals surface area contributed by atoms with Crippen LogP contribution in [0.5, 0.6) is 5.75 Å². The first-order valence-corrected chi connectivity index (χ1v) is 8.45. The molecule has 0 aromatic heterocycles. The zero-order valence-electron chi connectivity index (χ0n) is 14.8. The molecule has 2 aromatic rings. The minimum atomic E-state index is -1.07. The first kappa shape index (κ1) is 20.3. The molecule has 0 spiro atoms. The lowest BCUT2D eigenvalue weighted by Gasteiger charge is -2.15. The van der Waals surface area contributed by atoms with Crippen LogP contribution in [0.1, 0.15) is 17.3 Å². The van der Waals surface area contributed by atoms with E-state index >= 15 is 0 Å². The van der Waals surface area contributed by atoms with Crippen molar-refractivity contribution in [1.29, 1.82) is 0 Å². The summed E-state index contributed by atoms with van der Waals surface area (Å²) in [6, 6.07) is 13.2. The Labute approximate surface area is 161 Å². The summed E-state index contributed by atoms with van der Waals surface area (Å²) in [6.07, 6.45) is -1.07. The van der Waals surface area contributed by atoms with Crippen LogP contribution >= 0.6 is 11.6 Å². The maximum atomic E-state index is 12.2. The predicted molar refractivity (Wildman–Crippen MR) is 101 cm³/mol. The average Bonchev–Trinajstić information content (AvgIpc) is 2.67. The van der Waals surface area contributed by atoms with Crippen molar-refractivity contribution in [3.8, 4) is 5.75 Å². The molecule has 7 nitrogen and oxygen atoms in total. The Morgan fingerprint density at radius 2 is 1.81 bits per heavy atom. The Hall–Kier alpha value is -3.06. The van der Waals surface area contributed by atoms with E-state index in [1.807, 2.05) is 0 Å². The highest BCUT2D eigenvalue weighted by atomic mass is 35.5. The predicted octanol–water partition coefficient (Wildman–Crippen LogP) is 2.65. The fourth-order valence-corrected chi connectivity index (χ4v) is 2.32. The minimum absolute atomic E-state index is 0.355. The summed E-state index contributed by atoms with van der Waals surface area (Å²) in [7, 11) is 1.46. The van der Waals surface area contributed by atoms with Gasteiger partial charge in [0.1, 0.15) is 12.3 Å². The number of carbonyl (C=O) groups is 3. The van der Waals surface area contributed by atoms with Crippen LogP contribution in [0.2, 0.25) is 5.02 Å². The SMILES string of the molecule is COc1ccc(Cl)cc1NC(=O)C(C)OC(=O)CNC(=O)c1ccccc1. The van der Waals surface area contributed by atoms with Gasteiger partial charge in [-0.15, -0.1) is 0 Å². The van der Waals surface area contributed by atoms with Gasteiger partial charge in [0.2, 0.25) is 0 Å². The quantitative estimate of drug-likeness (QED) is 0.709. The lowest BCUT2D eigenvalue weighted by Crippen LogP contribution is -2.35. The van der Waals surface area contributed by atoms with E-state index < -0.39 is 23.9 Å². The van der Waals surface area contributed by atoms with Gasteiger partial charge in [-0.3, -0.25) is 14.4 Å². The number of esters is 1. The molecule has 2 N–H and O–H groups in total. The van der Waals surface area contributed by atoms with Gasteiger partial charge in [0.25, 0.3) is 11.8 Å². The van der Waals surface area contributed by atoms with Crippen molar-refractivity contribution in [2.75, 3.05) is 19.0 Å². The second kappa shape index (κ2) is 9.59. The monoisotopic (exact) mass is 390 g/mol. The van der Waals surface area contributed by atoms with Gasteiger partial charge >= 0.3 is 5.97 Å². The molecule has 0 aliphatic rings. The molecular formula is C19H19ClN2O5.